The number of aryl methyl sites for hydroxylation is 1. The monoisotopic (exact) mass is 528 g/mol. The van der Waals surface area contributed by atoms with Crippen molar-refractivity contribution in [2.75, 3.05) is 20.6 Å². The predicted octanol–water partition coefficient (Wildman–Crippen LogP) is 2.79. The lowest BCUT2D eigenvalue weighted by atomic mass is 9.96. The highest BCUT2D eigenvalue weighted by Gasteiger charge is 2.38. The Morgan fingerprint density at radius 1 is 1.03 bits per heavy atom. The normalized spacial score (nSPS) is 13.6. The van der Waals surface area contributed by atoms with Crippen LogP contribution in [-0.4, -0.2) is 71.4 Å². The van der Waals surface area contributed by atoms with E-state index in [-0.39, 0.29) is 35.7 Å². The summed E-state index contributed by atoms with van der Waals surface area (Å²) in [4.78, 5) is 43.1. The van der Waals surface area contributed by atoms with Crippen LogP contribution in [0.4, 0.5) is 4.39 Å². The van der Waals surface area contributed by atoms with E-state index in [0.717, 1.165) is 11.1 Å². The maximum Gasteiger partial charge on any atom is 0.246 e. The molecule has 0 spiro atoms. The van der Waals surface area contributed by atoms with E-state index in [4.69, 9.17) is 5.73 Å². The fourth-order valence-corrected chi connectivity index (χ4v) is 4.71. The van der Waals surface area contributed by atoms with E-state index < -0.39 is 24.0 Å². The zero-order valence-corrected chi connectivity index (χ0v) is 23.2. The maximum absolute atomic E-state index is 14.0. The van der Waals surface area contributed by atoms with Gasteiger partial charge in [-0.15, -0.1) is 0 Å². The van der Waals surface area contributed by atoms with Crippen molar-refractivity contribution in [2.24, 2.45) is 11.7 Å². The minimum atomic E-state index is -0.921. The number of hydrogen-bond donors (Lipinski definition) is 3. The summed E-state index contributed by atoms with van der Waals surface area (Å²) in [6.45, 7) is 7.66. The molecule has 0 bridgehead atoms. The van der Waals surface area contributed by atoms with E-state index >= 15 is 0 Å². The Morgan fingerprint density at radius 3 is 2.13 bits per heavy atom. The first-order valence-corrected chi connectivity index (χ1v) is 13.0. The zero-order chi connectivity index (χ0) is 28.6. The number of nitrogens with zero attached hydrogens (tertiary/aromatic N) is 2. The van der Waals surface area contributed by atoms with Gasteiger partial charge in [0.25, 0.3) is 0 Å². The number of benzene rings is 2. The fraction of sp³-hybridized carbons (Fsp3) is 0.483. The van der Waals surface area contributed by atoms with Gasteiger partial charge in [0.05, 0.1) is 6.04 Å². The molecular formula is C29H41FN4O4. The number of phenolic OH excluding ortho intramolecular Hbond substituents is 1. The molecule has 208 valence electrons. The molecule has 0 aromatic heterocycles. The smallest absolute Gasteiger partial charge is 0.246 e. The van der Waals surface area contributed by atoms with Gasteiger partial charge in [-0.2, -0.15) is 0 Å². The number of likely N-dealkylation sites (N-methyl/N-ethyl adjacent to an activating group) is 2. The Hall–Kier alpha value is -3.46. The average molecular weight is 529 g/mol. The van der Waals surface area contributed by atoms with Crippen LogP contribution in [0.15, 0.2) is 42.5 Å². The number of aromatic hydroxyl groups is 1. The van der Waals surface area contributed by atoms with Crippen LogP contribution in [0.3, 0.4) is 0 Å². The number of amides is 3. The number of primary amides is 1. The third kappa shape index (κ3) is 7.77. The third-order valence-electron chi connectivity index (χ3n) is 6.79. The fourth-order valence-electron chi connectivity index (χ4n) is 4.71. The molecular weight excluding hydrogens is 487 g/mol. The molecule has 8 nitrogen and oxygen atoms in total. The second-order valence-corrected chi connectivity index (χ2v) is 10.1. The van der Waals surface area contributed by atoms with Crippen LogP contribution in [-0.2, 0) is 27.2 Å². The largest absolute Gasteiger partial charge is 0.508 e. The number of nitrogens with one attached hydrogen (secondary N) is 1. The average Bonchev–Trinajstić information content (AvgIpc) is 2.87. The molecule has 0 aliphatic carbocycles. The summed E-state index contributed by atoms with van der Waals surface area (Å²) in [5, 5.41) is 12.9. The molecule has 0 aliphatic rings. The summed E-state index contributed by atoms with van der Waals surface area (Å²) in [7, 11) is 3.25. The van der Waals surface area contributed by atoms with Crippen molar-refractivity contribution >= 4 is 17.7 Å². The van der Waals surface area contributed by atoms with Crippen LogP contribution in [0.1, 0.15) is 43.9 Å². The quantitative estimate of drug-likeness (QED) is 0.370. The number of phenols is 1. The summed E-state index contributed by atoms with van der Waals surface area (Å²) in [6.07, 6.45) is 1.10. The van der Waals surface area contributed by atoms with Crippen LogP contribution in [0, 0.1) is 18.7 Å². The first-order valence-electron chi connectivity index (χ1n) is 13.0. The molecule has 0 unspecified atom stereocenters. The van der Waals surface area contributed by atoms with Gasteiger partial charge in [0.2, 0.25) is 17.7 Å². The topological polar surface area (TPSA) is 116 Å². The van der Waals surface area contributed by atoms with Gasteiger partial charge < -0.3 is 26.0 Å². The van der Waals surface area contributed by atoms with Crippen LogP contribution < -0.4 is 11.1 Å². The van der Waals surface area contributed by atoms with Gasteiger partial charge >= 0.3 is 0 Å². The molecule has 9 heteroatoms. The molecule has 0 saturated carbocycles. The first-order chi connectivity index (χ1) is 17.9. The SMILES string of the molecule is CCCN(C(=O)[C@H](C(C)C)N(C)C(=O)[C@H](Cc1ccc(F)cc1)NC)[C@@H](Cc1ccc(O)c(C)c1)C(N)=O. The molecule has 0 aliphatic heterocycles. The van der Waals surface area contributed by atoms with E-state index in [0.29, 0.717) is 24.9 Å². The van der Waals surface area contributed by atoms with Crippen LogP contribution in [0.5, 0.6) is 5.75 Å². The number of nitrogens with two attached hydrogens (primary N) is 1. The van der Waals surface area contributed by atoms with Gasteiger partial charge in [0, 0.05) is 20.0 Å². The molecule has 2 rings (SSSR count). The molecule has 0 radical (unpaired) electrons. The molecule has 2 aromatic carbocycles. The molecule has 38 heavy (non-hydrogen) atoms. The molecule has 3 atom stereocenters. The van der Waals surface area contributed by atoms with E-state index in [1.54, 1.807) is 51.4 Å². The summed E-state index contributed by atoms with van der Waals surface area (Å²) < 4.78 is 13.3. The molecule has 4 N–H and O–H groups in total. The van der Waals surface area contributed by atoms with E-state index in [2.05, 4.69) is 5.32 Å². The summed E-state index contributed by atoms with van der Waals surface area (Å²) in [5.74, 6) is -1.74. The lowest BCUT2D eigenvalue weighted by Crippen LogP contribution is -2.59. The van der Waals surface area contributed by atoms with Crippen LogP contribution >= 0.6 is 0 Å². The highest BCUT2D eigenvalue weighted by molar-refractivity contribution is 5.93. The Morgan fingerprint density at radius 2 is 1.63 bits per heavy atom. The summed E-state index contributed by atoms with van der Waals surface area (Å²) >= 11 is 0. The van der Waals surface area contributed by atoms with Gasteiger partial charge in [-0.1, -0.05) is 45.0 Å². The number of rotatable bonds is 13. The van der Waals surface area contributed by atoms with E-state index in [1.807, 2.05) is 20.8 Å². The molecule has 2 aromatic rings. The van der Waals surface area contributed by atoms with Gasteiger partial charge in [-0.25, -0.2) is 4.39 Å². The van der Waals surface area contributed by atoms with E-state index in [9.17, 15) is 23.9 Å². The number of carbonyl (C=O) groups excluding carboxylic acids is 3. The molecule has 3 amide bonds. The molecule has 0 fully saturated rings. The third-order valence-corrected chi connectivity index (χ3v) is 6.79. The van der Waals surface area contributed by atoms with Crippen molar-refractivity contribution in [3.8, 4) is 5.75 Å². The molecule has 0 heterocycles. The Bertz CT molecular complexity index is 1110. The summed E-state index contributed by atoms with van der Waals surface area (Å²) in [5.41, 5.74) is 8.00. The minimum absolute atomic E-state index is 0.144. The number of halogens is 1. The second-order valence-electron chi connectivity index (χ2n) is 10.1. The van der Waals surface area contributed by atoms with Crippen molar-refractivity contribution in [1.82, 2.24) is 15.1 Å². The second kappa shape index (κ2) is 13.9. The maximum atomic E-state index is 14.0. The number of hydrogen-bond acceptors (Lipinski definition) is 5. The minimum Gasteiger partial charge on any atom is -0.508 e. The van der Waals surface area contributed by atoms with Gasteiger partial charge in [0.15, 0.2) is 0 Å². The highest BCUT2D eigenvalue weighted by atomic mass is 19.1. The Kier molecular flexibility index (Phi) is 11.3. The van der Waals surface area contributed by atoms with Gasteiger partial charge in [-0.3, -0.25) is 14.4 Å². The Labute approximate surface area is 225 Å². The Balaban J connectivity index is 2.34. The first kappa shape index (κ1) is 30.8. The summed E-state index contributed by atoms with van der Waals surface area (Å²) in [6, 6.07) is 8.59. The van der Waals surface area contributed by atoms with Crippen molar-refractivity contribution in [2.45, 2.75) is 65.1 Å². The van der Waals surface area contributed by atoms with Crippen molar-refractivity contribution < 1.29 is 23.9 Å². The lowest BCUT2D eigenvalue weighted by molar-refractivity contribution is -0.150. The van der Waals surface area contributed by atoms with Gasteiger partial charge in [-0.05, 0) is 67.6 Å². The van der Waals surface area contributed by atoms with Crippen LogP contribution in [0.25, 0.3) is 0 Å². The zero-order valence-electron chi connectivity index (χ0n) is 23.2. The van der Waals surface area contributed by atoms with Crippen molar-refractivity contribution in [1.29, 1.82) is 0 Å². The van der Waals surface area contributed by atoms with Crippen molar-refractivity contribution in [3.05, 3.63) is 65.0 Å². The van der Waals surface area contributed by atoms with E-state index in [1.165, 1.54) is 21.9 Å². The lowest BCUT2D eigenvalue weighted by Gasteiger charge is -2.38. The standard InChI is InChI=1S/C29H41FN4O4/c1-7-14-34(24(27(31)36)17-21-10-13-25(35)19(4)15-21)29(38)26(18(2)3)33(6)28(37)23(32-5)16-20-8-11-22(30)12-9-20/h8-13,15,18,23-24,26,32,35H,7,14,16-17H2,1-6H3,(H2,31,36)/t23-,24-,26-/m0/s1. The number of carbonyl (C=O) groups is 3. The predicted molar refractivity (Wildman–Crippen MR) is 146 cm³/mol. The van der Waals surface area contributed by atoms with Crippen molar-refractivity contribution in [3.63, 3.8) is 0 Å². The highest BCUT2D eigenvalue weighted by Crippen LogP contribution is 2.22. The van der Waals surface area contributed by atoms with Gasteiger partial charge in [0.1, 0.15) is 23.7 Å². The van der Waals surface area contributed by atoms with Crippen LogP contribution in [0.2, 0.25) is 0 Å². The molecule has 0 saturated heterocycles.